The van der Waals surface area contributed by atoms with Crippen LogP contribution in [-0.4, -0.2) is 11.6 Å². The highest BCUT2D eigenvalue weighted by atomic mass is 79.9. The number of hydrogen-bond donors (Lipinski definition) is 0. The summed E-state index contributed by atoms with van der Waals surface area (Å²) < 4.78 is 0.772. The van der Waals surface area contributed by atoms with E-state index < -0.39 is 0 Å². The fraction of sp³-hybridized carbons (Fsp3) is 0. The Morgan fingerprint density at radius 2 is 1.14 bits per heavy atom. The van der Waals surface area contributed by atoms with Gasteiger partial charge in [0.25, 0.3) is 0 Å². The zero-order valence-corrected chi connectivity index (χ0v) is 17.2. The van der Waals surface area contributed by atoms with Gasteiger partial charge in [-0.15, -0.1) is 0 Å². The molecule has 0 bridgehead atoms. The van der Waals surface area contributed by atoms with Crippen molar-refractivity contribution < 1.29 is 9.59 Å². The molecule has 4 heteroatoms. The molecule has 0 fully saturated rings. The molecule has 0 radical (unpaired) electrons. The van der Waals surface area contributed by atoms with Gasteiger partial charge >= 0.3 is 0 Å². The van der Waals surface area contributed by atoms with Crippen LogP contribution in [0, 0.1) is 0 Å². The van der Waals surface area contributed by atoms with Crippen LogP contribution in [-0.2, 0) is 0 Å². The zero-order chi connectivity index (χ0) is 19.9. The highest BCUT2D eigenvalue weighted by Gasteiger charge is 2.06. The summed E-state index contributed by atoms with van der Waals surface area (Å²) in [5.74, 6) is -0.213. The molecule has 3 aromatic carbocycles. The minimum Gasteiger partial charge on any atom is -0.289 e. The van der Waals surface area contributed by atoms with E-state index in [1.54, 1.807) is 48.6 Å². The van der Waals surface area contributed by atoms with E-state index in [1.807, 2.05) is 42.5 Å². The van der Waals surface area contributed by atoms with Gasteiger partial charge in [0.2, 0.25) is 0 Å². The quantitative estimate of drug-likeness (QED) is 0.302. The first-order chi connectivity index (χ1) is 13.5. The Labute approximate surface area is 177 Å². The summed E-state index contributed by atoms with van der Waals surface area (Å²) in [5.41, 5.74) is 2.88. The summed E-state index contributed by atoms with van der Waals surface area (Å²) in [4.78, 5) is 24.5. The maximum Gasteiger partial charge on any atom is 0.187 e. The molecule has 3 aromatic rings. The SMILES string of the molecule is O=C(/C=C/c1ccc(/C=C/C(=O)c2ccccc2Br)cc1)c1ccccc1Cl. The van der Waals surface area contributed by atoms with E-state index in [0.29, 0.717) is 16.1 Å². The second-order valence-corrected chi connectivity index (χ2v) is 7.28. The molecule has 0 unspecified atom stereocenters. The Hall–Kier alpha value is -2.75. The molecule has 2 nitrogen and oxygen atoms in total. The first kappa shape index (κ1) is 20.0. The summed E-state index contributed by atoms with van der Waals surface area (Å²) in [7, 11) is 0. The first-order valence-corrected chi connectivity index (χ1v) is 9.75. The smallest absolute Gasteiger partial charge is 0.187 e. The third-order valence-corrected chi connectivity index (χ3v) is 5.09. The van der Waals surface area contributed by atoms with Crippen LogP contribution in [0.15, 0.2) is 89.4 Å². The summed E-state index contributed by atoms with van der Waals surface area (Å²) >= 11 is 9.43. The molecule has 0 amide bonds. The molecular formula is C24H16BrClO2. The molecule has 0 N–H and O–H groups in total. The van der Waals surface area contributed by atoms with Gasteiger partial charge in [-0.25, -0.2) is 0 Å². The largest absolute Gasteiger partial charge is 0.289 e. The fourth-order valence-corrected chi connectivity index (χ4v) is 3.27. The lowest BCUT2D eigenvalue weighted by Crippen LogP contribution is -1.95. The summed E-state index contributed by atoms with van der Waals surface area (Å²) in [6.45, 7) is 0. The number of carbonyl (C=O) groups is 2. The molecule has 138 valence electrons. The van der Waals surface area contributed by atoms with Crippen LogP contribution in [0.4, 0.5) is 0 Å². The predicted octanol–water partition coefficient (Wildman–Crippen LogP) is 6.89. The molecule has 0 aliphatic rings. The second-order valence-electron chi connectivity index (χ2n) is 6.02. The van der Waals surface area contributed by atoms with Gasteiger partial charge in [-0.3, -0.25) is 9.59 Å². The molecule has 0 saturated carbocycles. The van der Waals surface area contributed by atoms with E-state index in [2.05, 4.69) is 15.9 Å². The molecule has 3 rings (SSSR count). The molecule has 0 atom stereocenters. The van der Waals surface area contributed by atoms with E-state index in [0.717, 1.165) is 15.6 Å². The van der Waals surface area contributed by atoms with E-state index in [1.165, 1.54) is 6.08 Å². The summed E-state index contributed by atoms with van der Waals surface area (Å²) in [6, 6.07) is 21.8. The first-order valence-electron chi connectivity index (χ1n) is 8.58. The molecule has 28 heavy (non-hydrogen) atoms. The van der Waals surface area contributed by atoms with Gasteiger partial charge in [-0.2, -0.15) is 0 Å². The van der Waals surface area contributed by atoms with Crippen LogP contribution < -0.4 is 0 Å². The minimum absolute atomic E-state index is 0.0678. The van der Waals surface area contributed by atoms with Crippen molar-refractivity contribution in [3.63, 3.8) is 0 Å². The number of allylic oxidation sites excluding steroid dienone is 2. The predicted molar refractivity (Wildman–Crippen MR) is 119 cm³/mol. The van der Waals surface area contributed by atoms with Crippen molar-refractivity contribution in [3.05, 3.63) is 117 Å². The highest BCUT2D eigenvalue weighted by Crippen LogP contribution is 2.18. The number of ketones is 2. The molecule has 0 aliphatic heterocycles. The van der Waals surface area contributed by atoms with E-state index in [9.17, 15) is 9.59 Å². The molecular weight excluding hydrogens is 436 g/mol. The highest BCUT2D eigenvalue weighted by molar-refractivity contribution is 9.10. The van der Waals surface area contributed by atoms with Crippen molar-refractivity contribution in [1.29, 1.82) is 0 Å². The Kier molecular flexibility index (Phi) is 6.75. The van der Waals surface area contributed by atoms with Crippen LogP contribution in [0.1, 0.15) is 31.8 Å². The van der Waals surface area contributed by atoms with Crippen molar-refractivity contribution in [3.8, 4) is 0 Å². The topological polar surface area (TPSA) is 34.1 Å². The molecule has 0 heterocycles. The van der Waals surface area contributed by atoms with Gasteiger partial charge < -0.3 is 0 Å². The molecule has 0 saturated heterocycles. The normalized spacial score (nSPS) is 11.2. The number of rotatable bonds is 6. The average Bonchev–Trinajstić information content (AvgIpc) is 2.71. The third-order valence-electron chi connectivity index (χ3n) is 4.07. The van der Waals surface area contributed by atoms with Crippen molar-refractivity contribution in [2.75, 3.05) is 0 Å². The average molecular weight is 452 g/mol. The maximum atomic E-state index is 12.3. The van der Waals surface area contributed by atoms with Crippen LogP contribution >= 0.6 is 27.5 Å². The van der Waals surface area contributed by atoms with Crippen molar-refractivity contribution in [1.82, 2.24) is 0 Å². The van der Waals surface area contributed by atoms with Gasteiger partial charge in [0.1, 0.15) is 0 Å². The van der Waals surface area contributed by atoms with Crippen LogP contribution in [0.5, 0.6) is 0 Å². The Bertz CT molecular complexity index is 979. The van der Waals surface area contributed by atoms with Gasteiger partial charge in [0, 0.05) is 15.6 Å². The van der Waals surface area contributed by atoms with Gasteiger partial charge in [0.15, 0.2) is 11.6 Å². The van der Waals surface area contributed by atoms with Gasteiger partial charge in [-0.1, -0.05) is 88.2 Å². The van der Waals surface area contributed by atoms with Crippen LogP contribution in [0.3, 0.4) is 0 Å². The summed E-state index contributed by atoms with van der Waals surface area (Å²) in [5, 5.41) is 0.437. The Morgan fingerprint density at radius 1 is 0.679 bits per heavy atom. The number of carbonyl (C=O) groups excluding carboxylic acids is 2. The van der Waals surface area contributed by atoms with Gasteiger partial charge in [0.05, 0.1) is 5.02 Å². The molecule has 0 aromatic heterocycles. The standard InChI is InChI=1S/C24H16BrClO2/c25-21-7-3-1-5-19(21)23(27)15-13-17-9-11-18(12-10-17)14-16-24(28)20-6-2-4-8-22(20)26/h1-16H/b15-13+,16-14+. The Morgan fingerprint density at radius 3 is 1.68 bits per heavy atom. The van der Waals surface area contributed by atoms with Gasteiger partial charge in [-0.05, 0) is 47.5 Å². The number of hydrogen-bond acceptors (Lipinski definition) is 2. The van der Waals surface area contributed by atoms with E-state index in [4.69, 9.17) is 11.6 Å². The lowest BCUT2D eigenvalue weighted by Gasteiger charge is -2.00. The lowest BCUT2D eigenvalue weighted by atomic mass is 10.1. The molecule has 0 aliphatic carbocycles. The number of halogens is 2. The monoisotopic (exact) mass is 450 g/mol. The summed E-state index contributed by atoms with van der Waals surface area (Å²) in [6.07, 6.45) is 6.56. The minimum atomic E-state index is -0.145. The number of benzene rings is 3. The molecule has 0 spiro atoms. The lowest BCUT2D eigenvalue weighted by molar-refractivity contribution is 0.103. The second kappa shape index (κ2) is 9.45. The van der Waals surface area contributed by atoms with Crippen LogP contribution in [0.2, 0.25) is 5.02 Å². The van der Waals surface area contributed by atoms with Crippen molar-refractivity contribution in [2.24, 2.45) is 0 Å². The van der Waals surface area contributed by atoms with E-state index >= 15 is 0 Å². The van der Waals surface area contributed by atoms with Crippen molar-refractivity contribution in [2.45, 2.75) is 0 Å². The van der Waals surface area contributed by atoms with Crippen LogP contribution in [0.25, 0.3) is 12.2 Å². The maximum absolute atomic E-state index is 12.3. The van der Waals surface area contributed by atoms with E-state index in [-0.39, 0.29) is 11.6 Å². The van der Waals surface area contributed by atoms with Crippen molar-refractivity contribution >= 4 is 51.2 Å². The fourth-order valence-electron chi connectivity index (χ4n) is 2.56. The third kappa shape index (κ3) is 5.16. The zero-order valence-electron chi connectivity index (χ0n) is 14.8. The Balaban J connectivity index is 1.67.